The molecule has 16 heavy (non-hydrogen) atoms. The Hall–Kier alpha value is -1.90. The predicted molar refractivity (Wildman–Crippen MR) is 65.2 cm³/mol. The standard InChI is InChI=1S/C13H15N3/c1-10-5-3-4-6-12(10)11(2)16-13-9-14-7-8-15-13/h3-9,11H,1-2H3,(H,15,16). The van der Waals surface area contributed by atoms with Crippen LogP contribution in [0.4, 0.5) is 5.82 Å². The van der Waals surface area contributed by atoms with Crippen molar-refractivity contribution in [2.24, 2.45) is 0 Å². The Labute approximate surface area is 95.6 Å². The van der Waals surface area contributed by atoms with E-state index in [1.165, 1.54) is 11.1 Å². The summed E-state index contributed by atoms with van der Waals surface area (Å²) in [6.07, 6.45) is 5.09. The lowest BCUT2D eigenvalue weighted by Gasteiger charge is -2.16. The first kappa shape index (κ1) is 10.6. The Morgan fingerprint density at radius 3 is 2.69 bits per heavy atom. The van der Waals surface area contributed by atoms with Crippen LogP contribution < -0.4 is 5.32 Å². The summed E-state index contributed by atoms with van der Waals surface area (Å²) >= 11 is 0. The number of benzene rings is 1. The molecule has 0 fully saturated rings. The minimum Gasteiger partial charge on any atom is -0.362 e. The van der Waals surface area contributed by atoms with E-state index in [0.29, 0.717) is 0 Å². The number of nitrogens with one attached hydrogen (secondary N) is 1. The maximum Gasteiger partial charge on any atom is 0.144 e. The summed E-state index contributed by atoms with van der Waals surface area (Å²) in [5.74, 6) is 0.804. The maximum absolute atomic E-state index is 4.20. The SMILES string of the molecule is Cc1ccccc1C(C)Nc1cnccn1. The summed E-state index contributed by atoms with van der Waals surface area (Å²) < 4.78 is 0. The molecule has 3 heteroatoms. The fourth-order valence-electron chi connectivity index (χ4n) is 1.75. The highest BCUT2D eigenvalue weighted by Gasteiger charge is 2.07. The zero-order valence-electron chi connectivity index (χ0n) is 9.51. The summed E-state index contributed by atoms with van der Waals surface area (Å²) in [6.45, 7) is 4.24. The second-order valence-electron chi connectivity index (χ2n) is 3.81. The number of nitrogens with zero attached hydrogens (tertiary/aromatic N) is 2. The molecule has 1 N–H and O–H groups in total. The lowest BCUT2D eigenvalue weighted by atomic mass is 10.0. The van der Waals surface area contributed by atoms with E-state index in [0.717, 1.165) is 5.82 Å². The molecule has 0 aliphatic heterocycles. The van der Waals surface area contributed by atoms with E-state index >= 15 is 0 Å². The fourth-order valence-corrected chi connectivity index (χ4v) is 1.75. The summed E-state index contributed by atoms with van der Waals surface area (Å²) in [7, 11) is 0. The van der Waals surface area contributed by atoms with Crippen LogP contribution in [0.3, 0.4) is 0 Å². The van der Waals surface area contributed by atoms with Gasteiger partial charge in [-0.2, -0.15) is 0 Å². The van der Waals surface area contributed by atoms with Gasteiger partial charge >= 0.3 is 0 Å². The summed E-state index contributed by atoms with van der Waals surface area (Å²) in [5.41, 5.74) is 2.57. The lowest BCUT2D eigenvalue weighted by molar-refractivity contribution is 0.862. The molecular formula is C13H15N3. The number of rotatable bonds is 3. The van der Waals surface area contributed by atoms with E-state index in [4.69, 9.17) is 0 Å². The van der Waals surface area contributed by atoms with Crippen LogP contribution in [-0.2, 0) is 0 Å². The van der Waals surface area contributed by atoms with Crippen molar-refractivity contribution in [2.45, 2.75) is 19.9 Å². The van der Waals surface area contributed by atoms with Gasteiger partial charge in [-0.1, -0.05) is 24.3 Å². The van der Waals surface area contributed by atoms with Gasteiger partial charge in [0.1, 0.15) is 5.82 Å². The van der Waals surface area contributed by atoms with Crippen LogP contribution in [-0.4, -0.2) is 9.97 Å². The van der Waals surface area contributed by atoms with Crippen molar-refractivity contribution >= 4 is 5.82 Å². The summed E-state index contributed by atoms with van der Waals surface area (Å²) in [5, 5.41) is 3.33. The average Bonchev–Trinajstić information content (AvgIpc) is 2.31. The van der Waals surface area contributed by atoms with Crippen LogP contribution >= 0.6 is 0 Å². The second-order valence-corrected chi connectivity index (χ2v) is 3.81. The largest absolute Gasteiger partial charge is 0.362 e. The fraction of sp³-hybridized carbons (Fsp3) is 0.231. The van der Waals surface area contributed by atoms with Crippen LogP contribution in [0.25, 0.3) is 0 Å². The van der Waals surface area contributed by atoms with E-state index in [1.807, 2.05) is 6.07 Å². The van der Waals surface area contributed by atoms with E-state index in [9.17, 15) is 0 Å². The molecule has 0 aliphatic carbocycles. The van der Waals surface area contributed by atoms with E-state index < -0.39 is 0 Å². The van der Waals surface area contributed by atoms with Gasteiger partial charge in [-0.3, -0.25) is 4.98 Å². The first-order chi connectivity index (χ1) is 7.77. The van der Waals surface area contributed by atoms with Gasteiger partial charge in [0, 0.05) is 12.4 Å². The molecule has 2 rings (SSSR count). The molecule has 0 amide bonds. The van der Waals surface area contributed by atoms with Gasteiger partial charge in [0.15, 0.2) is 0 Å². The van der Waals surface area contributed by atoms with Crippen molar-refractivity contribution in [3.8, 4) is 0 Å². The van der Waals surface area contributed by atoms with Gasteiger partial charge in [0.2, 0.25) is 0 Å². The van der Waals surface area contributed by atoms with Crippen LogP contribution in [0.15, 0.2) is 42.9 Å². The zero-order chi connectivity index (χ0) is 11.4. The van der Waals surface area contributed by atoms with Gasteiger partial charge in [-0.05, 0) is 25.0 Å². The number of aryl methyl sites for hydroxylation is 1. The molecule has 0 saturated heterocycles. The molecule has 1 aromatic heterocycles. The van der Waals surface area contributed by atoms with Crippen molar-refractivity contribution in [2.75, 3.05) is 5.32 Å². The Kier molecular flexibility index (Phi) is 3.15. The third-order valence-corrected chi connectivity index (χ3v) is 2.58. The monoisotopic (exact) mass is 213 g/mol. The van der Waals surface area contributed by atoms with Crippen molar-refractivity contribution in [1.82, 2.24) is 9.97 Å². The first-order valence-electron chi connectivity index (χ1n) is 5.35. The first-order valence-corrected chi connectivity index (χ1v) is 5.35. The molecule has 3 nitrogen and oxygen atoms in total. The lowest BCUT2D eigenvalue weighted by Crippen LogP contribution is -2.09. The molecule has 1 atom stereocenters. The van der Waals surface area contributed by atoms with Gasteiger partial charge in [-0.25, -0.2) is 4.98 Å². The Morgan fingerprint density at radius 1 is 1.19 bits per heavy atom. The Balaban J connectivity index is 2.15. The second kappa shape index (κ2) is 4.75. The summed E-state index contributed by atoms with van der Waals surface area (Å²) in [6, 6.07) is 8.58. The zero-order valence-corrected chi connectivity index (χ0v) is 9.51. The average molecular weight is 213 g/mol. The van der Waals surface area contributed by atoms with E-state index in [-0.39, 0.29) is 6.04 Å². The van der Waals surface area contributed by atoms with Crippen molar-refractivity contribution < 1.29 is 0 Å². The minimum absolute atomic E-state index is 0.234. The normalized spacial score (nSPS) is 12.1. The number of hydrogen-bond donors (Lipinski definition) is 1. The molecular weight excluding hydrogens is 198 g/mol. The van der Waals surface area contributed by atoms with Crippen molar-refractivity contribution in [3.05, 3.63) is 54.0 Å². The topological polar surface area (TPSA) is 37.8 Å². The molecule has 0 spiro atoms. The van der Waals surface area contributed by atoms with Crippen LogP contribution in [0, 0.1) is 6.92 Å². The van der Waals surface area contributed by atoms with E-state index in [1.54, 1.807) is 18.6 Å². The number of hydrogen-bond acceptors (Lipinski definition) is 3. The predicted octanol–water partition coefficient (Wildman–Crippen LogP) is 2.96. The Morgan fingerprint density at radius 2 is 2.00 bits per heavy atom. The Bertz CT molecular complexity index is 454. The highest BCUT2D eigenvalue weighted by atomic mass is 15.0. The van der Waals surface area contributed by atoms with E-state index in [2.05, 4.69) is 47.3 Å². The van der Waals surface area contributed by atoms with Gasteiger partial charge in [0.05, 0.1) is 12.2 Å². The van der Waals surface area contributed by atoms with Crippen LogP contribution in [0.2, 0.25) is 0 Å². The molecule has 0 aliphatic rings. The molecule has 1 aromatic carbocycles. The smallest absolute Gasteiger partial charge is 0.144 e. The van der Waals surface area contributed by atoms with Gasteiger partial charge in [-0.15, -0.1) is 0 Å². The highest BCUT2D eigenvalue weighted by molar-refractivity contribution is 5.38. The molecule has 1 unspecified atom stereocenters. The third-order valence-electron chi connectivity index (χ3n) is 2.58. The minimum atomic E-state index is 0.234. The quantitative estimate of drug-likeness (QED) is 0.851. The molecule has 0 bridgehead atoms. The van der Waals surface area contributed by atoms with Crippen molar-refractivity contribution in [3.63, 3.8) is 0 Å². The van der Waals surface area contributed by atoms with Crippen molar-refractivity contribution in [1.29, 1.82) is 0 Å². The van der Waals surface area contributed by atoms with Crippen LogP contribution in [0.1, 0.15) is 24.1 Å². The molecule has 0 saturated carbocycles. The molecule has 82 valence electrons. The number of anilines is 1. The highest BCUT2D eigenvalue weighted by Crippen LogP contribution is 2.20. The molecule has 1 heterocycles. The maximum atomic E-state index is 4.20. The van der Waals surface area contributed by atoms with Gasteiger partial charge < -0.3 is 5.32 Å². The molecule has 2 aromatic rings. The van der Waals surface area contributed by atoms with Crippen LogP contribution in [0.5, 0.6) is 0 Å². The number of aromatic nitrogens is 2. The third kappa shape index (κ3) is 2.37. The summed E-state index contributed by atoms with van der Waals surface area (Å²) in [4.78, 5) is 8.23. The molecule has 0 radical (unpaired) electrons. The van der Waals surface area contributed by atoms with Gasteiger partial charge in [0.25, 0.3) is 0 Å².